The zero-order valence-corrected chi connectivity index (χ0v) is 13.0. The third-order valence-corrected chi connectivity index (χ3v) is 3.73. The van der Waals surface area contributed by atoms with E-state index in [1.807, 2.05) is 13.1 Å². The molecule has 0 bridgehead atoms. The van der Waals surface area contributed by atoms with Gasteiger partial charge in [0.15, 0.2) is 0 Å². The second-order valence-corrected chi connectivity index (χ2v) is 6.18. The van der Waals surface area contributed by atoms with Gasteiger partial charge in [0, 0.05) is 18.7 Å². The molecule has 1 aromatic heterocycles. The van der Waals surface area contributed by atoms with Crippen LogP contribution in [-0.2, 0) is 11.2 Å². The van der Waals surface area contributed by atoms with Crippen molar-refractivity contribution in [3.63, 3.8) is 0 Å². The lowest BCUT2D eigenvalue weighted by molar-refractivity contribution is -0.121. The molecule has 1 amide bonds. The number of nitrogens with two attached hydrogens (primary N) is 1. The molecule has 114 valence electrons. The molecule has 1 rings (SSSR count). The van der Waals surface area contributed by atoms with Crippen LogP contribution >= 0.6 is 0 Å². The van der Waals surface area contributed by atoms with Gasteiger partial charge in [-0.3, -0.25) is 9.89 Å². The van der Waals surface area contributed by atoms with Crippen LogP contribution in [0.4, 0.5) is 0 Å². The van der Waals surface area contributed by atoms with Crippen LogP contribution < -0.4 is 11.1 Å². The number of amides is 1. The fourth-order valence-corrected chi connectivity index (χ4v) is 2.19. The highest BCUT2D eigenvalue weighted by Gasteiger charge is 2.17. The second-order valence-electron chi connectivity index (χ2n) is 6.18. The van der Waals surface area contributed by atoms with Crippen molar-refractivity contribution in [2.24, 2.45) is 11.1 Å². The third-order valence-electron chi connectivity index (χ3n) is 3.73. The minimum atomic E-state index is 0.138. The Labute approximate surface area is 121 Å². The summed E-state index contributed by atoms with van der Waals surface area (Å²) in [4.78, 5) is 11.8. The van der Waals surface area contributed by atoms with Crippen molar-refractivity contribution in [2.45, 2.75) is 52.9 Å². The molecule has 0 unspecified atom stereocenters. The first-order valence-corrected chi connectivity index (χ1v) is 7.40. The van der Waals surface area contributed by atoms with Gasteiger partial charge in [-0.2, -0.15) is 5.10 Å². The molecular formula is C15H28N4O. The molecule has 5 nitrogen and oxygen atoms in total. The molecule has 0 fully saturated rings. The van der Waals surface area contributed by atoms with E-state index in [2.05, 4.69) is 29.4 Å². The van der Waals surface area contributed by atoms with Crippen LogP contribution in [0.15, 0.2) is 6.20 Å². The van der Waals surface area contributed by atoms with Gasteiger partial charge in [0.05, 0.1) is 6.20 Å². The van der Waals surface area contributed by atoms with E-state index >= 15 is 0 Å². The molecule has 0 aromatic carbocycles. The lowest BCUT2D eigenvalue weighted by Gasteiger charge is -2.23. The van der Waals surface area contributed by atoms with Crippen molar-refractivity contribution >= 4 is 5.91 Å². The van der Waals surface area contributed by atoms with Crippen LogP contribution in [0.2, 0.25) is 0 Å². The van der Waals surface area contributed by atoms with Crippen molar-refractivity contribution in [3.8, 4) is 0 Å². The Hall–Kier alpha value is -1.36. The molecule has 0 atom stereocenters. The normalized spacial score (nSPS) is 11.6. The molecule has 0 saturated carbocycles. The fourth-order valence-electron chi connectivity index (χ4n) is 2.19. The lowest BCUT2D eigenvalue weighted by atomic mass is 9.84. The van der Waals surface area contributed by atoms with Gasteiger partial charge in [0.1, 0.15) is 0 Å². The maximum atomic E-state index is 11.8. The van der Waals surface area contributed by atoms with Crippen molar-refractivity contribution in [3.05, 3.63) is 17.5 Å². The Kier molecular flexibility index (Phi) is 6.71. The molecule has 0 saturated heterocycles. The average molecular weight is 280 g/mol. The molecular weight excluding hydrogens is 252 g/mol. The SMILES string of the molecule is Cc1[nH]ncc1CCCNC(=O)CCC(C)(C)CCN. The van der Waals surface area contributed by atoms with Crippen molar-refractivity contribution in [2.75, 3.05) is 13.1 Å². The summed E-state index contributed by atoms with van der Waals surface area (Å²) in [5, 5.41) is 9.88. The monoisotopic (exact) mass is 280 g/mol. The molecule has 1 heterocycles. The summed E-state index contributed by atoms with van der Waals surface area (Å²) >= 11 is 0. The van der Waals surface area contributed by atoms with Gasteiger partial charge in [-0.05, 0) is 50.1 Å². The summed E-state index contributed by atoms with van der Waals surface area (Å²) in [5.74, 6) is 0.138. The number of aryl methyl sites for hydroxylation is 2. The van der Waals surface area contributed by atoms with E-state index in [0.717, 1.165) is 37.9 Å². The smallest absolute Gasteiger partial charge is 0.220 e. The van der Waals surface area contributed by atoms with Crippen LogP contribution in [0.1, 0.15) is 50.8 Å². The van der Waals surface area contributed by atoms with Crippen LogP contribution in [0.25, 0.3) is 0 Å². The number of hydrogen-bond donors (Lipinski definition) is 3. The summed E-state index contributed by atoms with van der Waals surface area (Å²) in [6.07, 6.45) is 6.17. The fraction of sp³-hybridized carbons (Fsp3) is 0.733. The lowest BCUT2D eigenvalue weighted by Crippen LogP contribution is -2.27. The predicted molar refractivity (Wildman–Crippen MR) is 81.3 cm³/mol. The van der Waals surface area contributed by atoms with Gasteiger partial charge >= 0.3 is 0 Å². The maximum absolute atomic E-state index is 11.8. The van der Waals surface area contributed by atoms with Crippen molar-refractivity contribution < 1.29 is 4.79 Å². The molecule has 0 aliphatic rings. The first kappa shape index (κ1) is 16.7. The zero-order valence-electron chi connectivity index (χ0n) is 13.0. The van der Waals surface area contributed by atoms with Gasteiger partial charge in [-0.15, -0.1) is 0 Å². The number of rotatable bonds is 9. The minimum absolute atomic E-state index is 0.138. The van der Waals surface area contributed by atoms with Gasteiger partial charge in [0.25, 0.3) is 0 Å². The summed E-state index contributed by atoms with van der Waals surface area (Å²) in [6, 6.07) is 0. The number of carbonyl (C=O) groups is 1. The highest BCUT2D eigenvalue weighted by Crippen LogP contribution is 2.25. The first-order chi connectivity index (χ1) is 9.44. The quantitative estimate of drug-likeness (QED) is 0.604. The number of carbonyl (C=O) groups excluding carboxylic acids is 1. The highest BCUT2D eigenvalue weighted by atomic mass is 16.1. The number of aromatic amines is 1. The first-order valence-electron chi connectivity index (χ1n) is 7.40. The highest BCUT2D eigenvalue weighted by molar-refractivity contribution is 5.75. The topological polar surface area (TPSA) is 83.8 Å². The standard InChI is InChI=1S/C15H28N4O/c1-12-13(11-18-19-12)5-4-10-17-14(20)6-7-15(2,3)8-9-16/h11H,4-10,16H2,1-3H3,(H,17,20)(H,18,19). The number of hydrogen-bond acceptors (Lipinski definition) is 3. The minimum Gasteiger partial charge on any atom is -0.356 e. The largest absolute Gasteiger partial charge is 0.356 e. The Morgan fingerprint density at radius 1 is 1.45 bits per heavy atom. The van der Waals surface area contributed by atoms with E-state index in [0.29, 0.717) is 13.0 Å². The summed E-state index contributed by atoms with van der Waals surface area (Å²) < 4.78 is 0. The number of nitrogens with zero attached hydrogens (tertiary/aromatic N) is 1. The Morgan fingerprint density at radius 3 is 2.80 bits per heavy atom. The van der Waals surface area contributed by atoms with Gasteiger partial charge in [0.2, 0.25) is 5.91 Å². The van der Waals surface area contributed by atoms with Crippen molar-refractivity contribution in [1.82, 2.24) is 15.5 Å². The molecule has 0 spiro atoms. The molecule has 0 aliphatic heterocycles. The molecule has 1 aromatic rings. The summed E-state index contributed by atoms with van der Waals surface area (Å²) in [7, 11) is 0. The molecule has 0 aliphatic carbocycles. The zero-order chi connectivity index (χ0) is 15.0. The van der Waals surface area contributed by atoms with E-state index in [1.54, 1.807) is 0 Å². The van der Waals surface area contributed by atoms with Crippen LogP contribution in [0.3, 0.4) is 0 Å². The summed E-state index contributed by atoms with van der Waals surface area (Å²) in [5.41, 5.74) is 8.06. The Bertz CT molecular complexity index is 412. The average Bonchev–Trinajstić information content (AvgIpc) is 2.78. The summed E-state index contributed by atoms with van der Waals surface area (Å²) in [6.45, 7) is 7.74. The van der Waals surface area contributed by atoms with Crippen molar-refractivity contribution in [1.29, 1.82) is 0 Å². The maximum Gasteiger partial charge on any atom is 0.220 e. The Morgan fingerprint density at radius 2 is 2.20 bits per heavy atom. The van der Waals surface area contributed by atoms with E-state index < -0.39 is 0 Å². The number of aromatic nitrogens is 2. The van der Waals surface area contributed by atoms with E-state index in [1.165, 1.54) is 5.56 Å². The number of H-pyrrole nitrogens is 1. The van der Waals surface area contributed by atoms with Gasteiger partial charge < -0.3 is 11.1 Å². The van der Waals surface area contributed by atoms with Crippen LogP contribution in [0, 0.1) is 12.3 Å². The van der Waals surface area contributed by atoms with Gasteiger partial charge in [-0.1, -0.05) is 13.8 Å². The Balaban J connectivity index is 2.13. The molecule has 0 radical (unpaired) electrons. The third kappa shape index (κ3) is 6.19. The predicted octanol–water partition coefficient (Wildman–Crippen LogP) is 1.92. The number of nitrogens with one attached hydrogen (secondary N) is 2. The van der Waals surface area contributed by atoms with E-state index in [4.69, 9.17) is 5.73 Å². The van der Waals surface area contributed by atoms with E-state index in [-0.39, 0.29) is 11.3 Å². The molecule has 20 heavy (non-hydrogen) atoms. The molecule has 4 N–H and O–H groups in total. The van der Waals surface area contributed by atoms with Crippen LogP contribution in [0.5, 0.6) is 0 Å². The second kappa shape index (κ2) is 8.04. The van der Waals surface area contributed by atoms with Gasteiger partial charge in [-0.25, -0.2) is 0 Å². The van der Waals surface area contributed by atoms with Crippen LogP contribution in [-0.4, -0.2) is 29.2 Å². The van der Waals surface area contributed by atoms with E-state index in [9.17, 15) is 4.79 Å². The molecule has 5 heteroatoms.